The van der Waals surface area contributed by atoms with Gasteiger partial charge in [0.05, 0.1) is 35.6 Å². The summed E-state index contributed by atoms with van der Waals surface area (Å²) in [6.45, 7) is 1.85. The molecule has 1 spiro atoms. The molecule has 3 saturated heterocycles. The minimum Gasteiger partial charge on any atom is -0.385 e. The predicted molar refractivity (Wildman–Crippen MR) is 229 cm³/mol. The van der Waals surface area contributed by atoms with E-state index in [1.165, 1.54) is 33.8 Å². The van der Waals surface area contributed by atoms with Gasteiger partial charge >= 0.3 is 6.03 Å². The topological polar surface area (TPSA) is 160 Å². The Balaban J connectivity index is 0.808. The van der Waals surface area contributed by atoms with Crippen LogP contribution in [-0.2, 0) is 17.8 Å². The maximum Gasteiger partial charge on any atom is 0.328 e. The summed E-state index contributed by atoms with van der Waals surface area (Å²) in [4.78, 5) is 66.1. The smallest absolute Gasteiger partial charge is 0.328 e. The first-order valence-electron chi connectivity index (χ1n) is 21.0. The molecule has 4 aliphatic heterocycles. The van der Waals surface area contributed by atoms with Gasteiger partial charge < -0.3 is 20.4 Å². The summed E-state index contributed by atoms with van der Waals surface area (Å²) < 4.78 is 63.1. The Bertz CT molecular complexity index is 2800. The molecule has 5 aliphatic rings. The maximum absolute atomic E-state index is 16.0. The number of nitrogens with one attached hydrogen (secondary N) is 3. The number of nitrogens with zero attached hydrogens (tertiary/aromatic N) is 8. The molecular weight excluding hydrogens is 858 g/mol. The predicted octanol–water partition coefficient (Wildman–Crippen LogP) is 5.90. The number of carbonyl (C=O) groups is 4. The Morgan fingerprint density at radius 1 is 0.984 bits per heavy atom. The molecule has 3 aromatic heterocycles. The third-order valence-corrected chi connectivity index (χ3v) is 13.5. The number of amides is 5. The summed E-state index contributed by atoms with van der Waals surface area (Å²) in [6, 6.07) is 10.4. The SMILES string of the molecule is CNc1cc(N2CCc3c(-c4ncc(CN5CC6(CCN(C(=O)c7cc(Cl)c(C)c(N8CCC(=O)NC8=O)c7)CC6(F)F)C5)cc4F)cccc32)nn2c(C(=O)N[C@@H]3C[C@@H]3F)cnc12. The number of imidazole rings is 1. The Kier molecular flexibility index (Phi) is 10.0. The van der Waals surface area contributed by atoms with Gasteiger partial charge in [-0.3, -0.25) is 34.5 Å². The fourth-order valence-electron chi connectivity index (χ4n) is 9.44. The summed E-state index contributed by atoms with van der Waals surface area (Å²) in [5, 5.41) is 13.0. The lowest BCUT2D eigenvalue weighted by Crippen LogP contribution is -2.70. The third-order valence-electron chi connectivity index (χ3n) is 13.1. The maximum atomic E-state index is 16.0. The Labute approximate surface area is 368 Å². The van der Waals surface area contributed by atoms with Crippen LogP contribution in [0, 0.1) is 18.2 Å². The molecule has 5 aromatic rings. The molecule has 4 fully saturated rings. The van der Waals surface area contributed by atoms with Crippen molar-refractivity contribution in [3.63, 3.8) is 0 Å². The van der Waals surface area contributed by atoms with E-state index in [0.29, 0.717) is 52.5 Å². The van der Waals surface area contributed by atoms with Crippen molar-refractivity contribution in [2.45, 2.75) is 57.3 Å². The Hall–Kier alpha value is -6.34. The molecule has 5 amide bonds. The van der Waals surface area contributed by atoms with Gasteiger partial charge in [0.1, 0.15) is 17.7 Å². The highest BCUT2D eigenvalue weighted by Gasteiger charge is 2.63. The highest BCUT2D eigenvalue weighted by atomic mass is 35.5. The van der Waals surface area contributed by atoms with Gasteiger partial charge in [-0.05, 0) is 60.7 Å². The molecule has 0 radical (unpaired) electrons. The standard InChI is InChI=1S/C44H42ClF4N11O4/c1-23-28(45)13-25(14-34(23)59-10-7-37(61)54-42(59)64)41(63)57-11-8-43(44(48,49)22-57)20-56(21-43)19-24-12-30(47)38(51-17-24)27-4-3-5-33-26(27)6-9-58(33)36-16-32(50-2)39-52-18-35(60(39)55-36)40(62)53-31-15-29(31)46/h3-5,12-14,16-18,29,31,50H,6-11,15,19-22H2,1-2H3,(H,53,62)(H,54,61,64)/t29-,31+/m0/s1. The van der Waals surface area contributed by atoms with E-state index >= 15 is 13.2 Å². The molecule has 2 aromatic carbocycles. The number of halogens is 5. The number of hydrogen-bond donors (Lipinski definition) is 3. The minimum atomic E-state index is -3.22. The van der Waals surface area contributed by atoms with Crippen LogP contribution >= 0.6 is 11.6 Å². The number of imide groups is 1. The summed E-state index contributed by atoms with van der Waals surface area (Å²) in [7, 11) is 1.73. The summed E-state index contributed by atoms with van der Waals surface area (Å²) in [5.74, 6) is -4.80. The second-order valence-electron chi connectivity index (χ2n) is 17.2. The van der Waals surface area contributed by atoms with Crippen molar-refractivity contribution in [3.05, 3.63) is 93.6 Å². The lowest BCUT2D eigenvalue weighted by Gasteiger charge is -2.57. The number of piperidine rings is 1. The molecule has 64 heavy (non-hydrogen) atoms. The van der Waals surface area contributed by atoms with E-state index in [1.54, 1.807) is 26.2 Å². The Morgan fingerprint density at radius 3 is 2.48 bits per heavy atom. The molecule has 20 heteroatoms. The second kappa shape index (κ2) is 15.4. The number of fused-ring (bicyclic) bond motifs is 2. The fourth-order valence-corrected chi connectivity index (χ4v) is 9.66. The third kappa shape index (κ3) is 7.04. The van der Waals surface area contributed by atoms with Gasteiger partial charge in [0.15, 0.2) is 17.2 Å². The van der Waals surface area contributed by atoms with Crippen LogP contribution < -0.4 is 25.8 Å². The number of hydrogen-bond acceptors (Lipinski definition) is 10. The van der Waals surface area contributed by atoms with Crippen LogP contribution in [0.1, 0.15) is 56.8 Å². The number of likely N-dealkylation sites (tertiary alicyclic amines) is 2. The molecule has 332 valence electrons. The van der Waals surface area contributed by atoms with E-state index in [-0.39, 0.29) is 74.0 Å². The summed E-state index contributed by atoms with van der Waals surface area (Å²) in [5.41, 5.74) is 3.67. The van der Waals surface area contributed by atoms with Crippen LogP contribution in [-0.4, -0.2) is 118 Å². The number of anilines is 4. The molecule has 1 aliphatic carbocycles. The van der Waals surface area contributed by atoms with Gasteiger partial charge in [-0.15, -0.1) is 5.10 Å². The number of urea groups is 1. The number of benzene rings is 2. The van der Waals surface area contributed by atoms with Gasteiger partial charge in [0.25, 0.3) is 17.7 Å². The van der Waals surface area contributed by atoms with Crippen LogP contribution in [0.15, 0.2) is 54.9 Å². The van der Waals surface area contributed by atoms with Crippen molar-refractivity contribution in [2.24, 2.45) is 5.41 Å². The number of aromatic nitrogens is 4. The van der Waals surface area contributed by atoms with Crippen molar-refractivity contribution >= 4 is 63.9 Å². The van der Waals surface area contributed by atoms with Crippen LogP contribution in [0.3, 0.4) is 0 Å². The van der Waals surface area contributed by atoms with Crippen molar-refractivity contribution in [3.8, 4) is 11.3 Å². The van der Waals surface area contributed by atoms with Crippen LogP contribution in [0.2, 0.25) is 5.02 Å². The monoisotopic (exact) mass is 899 g/mol. The molecule has 0 unspecified atom stereocenters. The first kappa shape index (κ1) is 41.7. The quantitative estimate of drug-likeness (QED) is 0.152. The molecule has 15 nitrogen and oxygen atoms in total. The zero-order valence-corrected chi connectivity index (χ0v) is 35.5. The molecule has 2 atom stereocenters. The van der Waals surface area contributed by atoms with E-state index in [1.807, 2.05) is 28.0 Å². The molecule has 1 saturated carbocycles. The van der Waals surface area contributed by atoms with Crippen LogP contribution in [0.5, 0.6) is 0 Å². The normalized spacial score (nSPS) is 21.2. The average molecular weight is 900 g/mol. The number of carbonyl (C=O) groups excluding carboxylic acids is 4. The van der Waals surface area contributed by atoms with Gasteiger partial charge in [-0.1, -0.05) is 23.7 Å². The van der Waals surface area contributed by atoms with E-state index in [2.05, 4.69) is 25.9 Å². The van der Waals surface area contributed by atoms with Crippen molar-refractivity contribution in [1.29, 1.82) is 0 Å². The Morgan fingerprint density at radius 2 is 1.77 bits per heavy atom. The van der Waals surface area contributed by atoms with Crippen molar-refractivity contribution in [1.82, 2.24) is 40.0 Å². The second-order valence-corrected chi connectivity index (χ2v) is 17.6. The first-order chi connectivity index (χ1) is 30.6. The van der Waals surface area contributed by atoms with Gasteiger partial charge in [0, 0.05) is 93.3 Å². The first-order valence-corrected chi connectivity index (χ1v) is 21.4. The fraction of sp³-hybridized carbons (Fsp3) is 0.386. The lowest BCUT2D eigenvalue weighted by atomic mass is 9.69. The lowest BCUT2D eigenvalue weighted by molar-refractivity contribution is -0.220. The van der Waals surface area contributed by atoms with Crippen molar-refractivity contribution < 1.29 is 36.7 Å². The average Bonchev–Trinajstić information content (AvgIpc) is 3.57. The van der Waals surface area contributed by atoms with Gasteiger partial charge in [0.2, 0.25) is 5.91 Å². The van der Waals surface area contributed by atoms with E-state index in [9.17, 15) is 23.6 Å². The summed E-state index contributed by atoms with van der Waals surface area (Å²) >= 11 is 6.45. The molecule has 3 N–H and O–H groups in total. The zero-order chi connectivity index (χ0) is 44.8. The van der Waals surface area contributed by atoms with Crippen LogP contribution in [0.25, 0.3) is 16.9 Å². The number of rotatable bonds is 9. The van der Waals surface area contributed by atoms with Gasteiger partial charge in [-0.2, -0.15) is 0 Å². The van der Waals surface area contributed by atoms with E-state index in [0.717, 1.165) is 16.2 Å². The number of pyridine rings is 1. The van der Waals surface area contributed by atoms with Crippen molar-refractivity contribution in [2.75, 3.05) is 61.4 Å². The largest absolute Gasteiger partial charge is 0.385 e. The minimum absolute atomic E-state index is 0.0484. The highest BCUT2D eigenvalue weighted by molar-refractivity contribution is 6.32. The van der Waals surface area contributed by atoms with E-state index < -0.39 is 59.7 Å². The molecule has 0 bridgehead atoms. The molecule has 7 heterocycles. The number of alkyl halides is 3. The molecule has 10 rings (SSSR count). The zero-order valence-electron chi connectivity index (χ0n) is 34.7. The van der Waals surface area contributed by atoms with Crippen LogP contribution in [0.4, 0.5) is 45.2 Å². The van der Waals surface area contributed by atoms with E-state index in [4.69, 9.17) is 16.7 Å². The molecular formula is C44H42ClF4N11O4. The highest BCUT2D eigenvalue weighted by Crippen LogP contribution is 2.51. The van der Waals surface area contributed by atoms with Gasteiger partial charge in [-0.25, -0.2) is 31.9 Å². The summed E-state index contributed by atoms with van der Waals surface area (Å²) in [6.07, 6.45) is 2.83.